The fraction of sp³-hybridized carbons (Fsp3) is 1.00. The summed E-state index contributed by atoms with van der Waals surface area (Å²) in [6.45, 7) is 2.28. The predicted molar refractivity (Wildman–Crippen MR) is 60.3 cm³/mol. The maximum atomic E-state index is 2.73. The van der Waals surface area contributed by atoms with Crippen molar-refractivity contribution in [3.05, 3.63) is 0 Å². The van der Waals surface area contributed by atoms with Crippen LogP contribution in [0.3, 0.4) is 0 Å². The van der Waals surface area contributed by atoms with E-state index in [9.17, 15) is 0 Å². The number of unbranched alkanes of at least 4 members (excludes halogenated alkanes) is 7. The first-order valence-electron chi connectivity index (χ1n) is 5.18. The van der Waals surface area contributed by atoms with Crippen molar-refractivity contribution in [3.8, 4) is 0 Å². The van der Waals surface area contributed by atoms with Crippen LogP contribution in [-0.2, 0) is 0 Å². The molecule has 0 radical (unpaired) electrons. The average Bonchev–Trinajstić information content (AvgIpc) is 2.10. The molecule has 0 nitrogen and oxygen atoms in total. The van der Waals surface area contributed by atoms with E-state index in [1.54, 1.807) is 0 Å². The third-order valence-corrected chi connectivity index (χ3v) is 5.07. The Morgan fingerprint density at radius 2 is 1.33 bits per heavy atom. The Bertz CT molecular complexity index is 64.2. The Balaban J connectivity index is 2.73. The molecular weight excluding hydrogens is 278 g/mol. The zero-order chi connectivity index (χ0) is 9.07. The summed E-state index contributed by atoms with van der Waals surface area (Å²) >= 11 is 3.59. The Morgan fingerprint density at radius 3 is 1.83 bits per heavy atom. The summed E-state index contributed by atoms with van der Waals surface area (Å²) in [6, 6.07) is 0. The molecule has 0 amide bonds. The molecule has 74 valence electrons. The second-order valence-corrected chi connectivity index (χ2v) is 7.52. The van der Waals surface area contributed by atoms with E-state index in [1.807, 2.05) is 0 Å². The molecule has 0 N–H and O–H groups in total. The van der Waals surface area contributed by atoms with Crippen LogP contribution in [0, 0.1) is 0 Å². The fourth-order valence-corrected chi connectivity index (χ4v) is 3.41. The second kappa shape index (κ2) is 12.0. The van der Waals surface area contributed by atoms with Gasteiger partial charge in [-0.25, -0.2) is 0 Å². The van der Waals surface area contributed by atoms with Crippen molar-refractivity contribution in [2.45, 2.75) is 63.6 Å². The molecule has 0 aliphatic carbocycles. The van der Waals surface area contributed by atoms with Crippen LogP contribution in [0.5, 0.6) is 0 Å². The van der Waals surface area contributed by atoms with Gasteiger partial charge in [0.15, 0.2) is 0 Å². The summed E-state index contributed by atoms with van der Waals surface area (Å²) < 4.78 is 0. The quantitative estimate of drug-likeness (QED) is 0.453. The van der Waals surface area contributed by atoms with Crippen LogP contribution in [0.2, 0.25) is 5.32 Å². The van der Waals surface area contributed by atoms with Crippen molar-refractivity contribution in [1.82, 2.24) is 0 Å². The Labute approximate surface area is 90.8 Å². The third kappa shape index (κ3) is 11.0. The van der Waals surface area contributed by atoms with Crippen LogP contribution >= 0.6 is 0 Å². The SMILES string of the molecule is CCCCCCCCCC[Se][SeH]. The summed E-state index contributed by atoms with van der Waals surface area (Å²) in [5.41, 5.74) is 0. The van der Waals surface area contributed by atoms with E-state index in [1.165, 1.54) is 56.7 Å². The molecule has 2 heteroatoms. The van der Waals surface area contributed by atoms with Crippen LogP contribution in [0.15, 0.2) is 0 Å². The van der Waals surface area contributed by atoms with Gasteiger partial charge in [-0.05, 0) is 0 Å². The molecule has 0 aromatic heterocycles. The standard InChI is InChI=1S/C10H22Se2/c1-2-3-4-5-6-7-8-9-10-12-11/h11H,2-10H2,1H3. The molecule has 0 aliphatic heterocycles. The summed E-state index contributed by atoms with van der Waals surface area (Å²) in [7, 11) is 0. The van der Waals surface area contributed by atoms with Gasteiger partial charge in [-0.3, -0.25) is 0 Å². The van der Waals surface area contributed by atoms with Gasteiger partial charge in [-0.15, -0.1) is 0 Å². The van der Waals surface area contributed by atoms with Crippen molar-refractivity contribution in [1.29, 1.82) is 0 Å². The summed E-state index contributed by atoms with van der Waals surface area (Å²) in [4.78, 5) is 0. The van der Waals surface area contributed by atoms with E-state index in [2.05, 4.69) is 21.1 Å². The molecule has 12 heavy (non-hydrogen) atoms. The topological polar surface area (TPSA) is 0 Å². The van der Waals surface area contributed by atoms with Gasteiger partial charge < -0.3 is 0 Å². The third-order valence-electron chi connectivity index (χ3n) is 2.09. The minimum absolute atomic E-state index is 0.856. The molecule has 0 saturated carbocycles. The van der Waals surface area contributed by atoms with Gasteiger partial charge in [0, 0.05) is 0 Å². The van der Waals surface area contributed by atoms with Crippen molar-refractivity contribution in [2.24, 2.45) is 0 Å². The van der Waals surface area contributed by atoms with Crippen molar-refractivity contribution in [2.75, 3.05) is 0 Å². The van der Waals surface area contributed by atoms with Gasteiger partial charge in [0.1, 0.15) is 0 Å². The van der Waals surface area contributed by atoms with Crippen LogP contribution in [-0.4, -0.2) is 27.3 Å². The zero-order valence-electron chi connectivity index (χ0n) is 8.22. The zero-order valence-corrected chi connectivity index (χ0v) is 11.8. The second-order valence-electron chi connectivity index (χ2n) is 3.31. The van der Waals surface area contributed by atoms with Gasteiger partial charge in [0.2, 0.25) is 0 Å². The predicted octanol–water partition coefficient (Wildman–Crippen LogP) is 3.07. The van der Waals surface area contributed by atoms with Gasteiger partial charge in [0.25, 0.3) is 0 Å². The van der Waals surface area contributed by atoms with Crippen LogP contribution in [0.1, 0.15) is 58.3 Å². The Kier molecular flexibility index (Phi) is 13.1. The number of hydrogen-bond acceptors (Lipinski definition) is 0. The summed E-state index contributed by atoms with van der Waals surface area (Å²) in [6.07, 6.45) is 11.7. The van der Waals surface area contributed by atoms with E-state index >= 15 is 0 Å². The van der Waals surface area contributed by atoms with Gasteiger partial charge in [-0.2, -0.15) is 0 Å². The first-order valence-corrected chi connectivity index (χ1v) is 11.1. The molecule has 0 bridgehead atoms. The molecule has 0 atom stereocenters. The van der Waals surface area contributed by atoms with Crippen molar-refractivity contribution < 1.29 is 0 Å². The van der Waals surface area contributed by atoms with Gasteiger partial charge in [-0.1, -0.05) is 0 Å². The van der Waals surface area contributed by atoms with E-state index in [-0.39, 0.29) is 0 Å². The molecule has 0 heterocycles. The summed E-state index contributed by atoms with van der Waals surface area (Å²) in [5.74, 6) is 0. The minimum atomic E-state index is 0.856. The van der Waals surface area contributed by atoms with Crippen molar-refractivity contribution >= 4 is 27.3 Å². The van der Waals surface area contributed by atoms with E-state index in [0.29, 0.717) is 0 Å². The first kappa shape index (κ1) is 13.0. The normalized spacial score (nSPS) is 10.5. The van der Waals surface area contributed by atoms with Crippen LogP contribution in [0.4, 0.5) is 0 Å². The average molecular weight is 300 g/mol. The number of hydrogen-bond donors (Lipinski definition) is 0. The van der Waals surface area contributed by atoms with Crippen LogP contribution in [0.25, 0.3) is 0 Å². The monoisotopic (exact) mass is 302 g/mol. The van der Waals surface area contributed by atoms with E-state index in [4.69, 9.17) is 0 Å². The van der Waals surface area contributed by atoms with Gasteiger partial charge >= 0.3 is 90.9 Å². The molecule has 0 aliphatic rings. The fourth-order valence-electron chi connectivity index (χ4n) is 1.30. The Morgan fingerprint density at radius 1 is 0.833 bits per heavy atom. The van der Waals surface area contributed by atoms with Gasteiger partial charge in [0.05, 0.1) is 0 Å². The molecule has 0 saturated heterocycles. The van der Waals surface area contributed by atoms with Crippen molar-refractivity contribution in [3.63, 3.8) is 0 Å². The molecule has 0 rings (SSSR count). The molecular formula is C10H22Se2. The van der Waals surface area contributed by atoms with Crippen LogP contribution < -0.4 is 0 Å². The van der Waals surface area contributed by atoms with E-state index in [0.717, 1.165) is 13.1 Å². The molecule has 0 spiro atoms. The molecule has 0 aromatic rings. The van der Waals surface area contributed by atoms with E-state index < -0.39 is 0 Å². The summed E-state index contributed by atoms with van der Waals surface area (Å²) in [5, 5.41) is 1.47. The Hall–Kier alpha value is 1.04. The molecule has 0 unspecified atom stereocenters. The number of rotatable bonds is 9. The maximum absolute atomic E-state index is 2.73. The molecule has 0 aromatic carbocycles. The first-order chi connectivity index (χ1) is 5.91. The molecule has 0 fully saturated rings.